The van der Waals surface area contributed by atoms with Crippen molar-refractivity contribution in [3.63, 3.8) is 0 Å². The molecule has 0 aliphatic heterocycles. The van der Waals surface area contributed by atoms with Crippen molar-refractivity contribution in [2.75, 3.05) is 18.6 Å². The predicted octanol–water partition coefficient (Wildman–Crippen LogP) is 4.27. The number of nitrogen functional groups attached to an aromatic ring is 2. The van der Waals surface area contributed by atoms with Crippen LogP contribution in [-0.2, 0) is 0 Å². The first-order chi connectivity index (χ1) is 14.4. The van der Waals surface area contributed by atoms with Crippen molar-refractivity contribution in [2.45, 2.75) is 0 Å². The lowest BCUT2D eigenvalue weighted by molar-refractivity contribution is 0.374. The number of hydrogen-bond acceptors (Lipinski definition) is 7. The Morgan fingerprint density at radius 3 is 2.20 bits per heavy atom. The summed E-state index contributed by atoms with van der Waals surface area (Å²) in [7, 11) is 1.43. The molecule has 0 fully saturated rings. The summed E-state index contributed by atoms with van der Waals surface area (Å²) in [4.78, 5) is 8.05. The molecule has 7 nitrogen and oxygen atoms in total. The van der Waals surface area contributed by atoms with E-state index in [-0.39, 0.29) is 28.9 Å². The van der Waals surface area contributed by atoms with Gasteiger partial charge in [-0.15, -0.1) is 0 Å². The summed E-state index contributed by atoms with van der Waals surface area (Å²) in [6.07, 6.45) is 1.28. The van der Waals surface area contributed by atoms with Crippen molar-refractivity contribution in [1.29, 1.82) is 0 Å². The van der Waals surface area contributed by atoms with Gasteiger partial charge in [0.25, 0.3) is 0 Å². The maximum Gasteiger partial charge on any atom is 0.230 e. The van der Waals surface area contributed by atoms with Gasteiger partial charge in [-0.2, -0.15) is 0 Å². The standard InChI is InChI=1S/C15H12FN3O3.C6H6FN/c1-21-14-6-11-9(5-12(14)20)15(19-7-18-11)22-13-3-2-8(17)4-10(13)16;7-5-1-3-6(8)4-2-5/h2-7,20H,17H2,1H3;1-4H,8H2. The number of benzene rings is 3. The van der Waals surface area contributed by atoms with Gasteiger partial charge in [0.05, 0.1) is 18.0 Å². The highest BCUT2D eigenvalue weighted by molar-refractivity contribution is 5.86. The van der Waals surface area contributed by atoms with Gasteiger partial charge in [0.15, 0.2) is 23.1 Å². The van der Waals surface area contributed by atoms with E-state index < -0.39 is 5.82 Å². The average Bonchev–Trinajstić information content (AvgIpc) is 2.72. The van der Waals surface area contributed by atoms with Crippen LogP contribution in [0.2, 0.25) is 0 Å². The number of phenolic OH excluding ortho intramolecular Hbond substituents is 1. The van der Waals surface area contributed by atoms with Crippen LogP contribution >= 0.6 is 0 Å². The zero-order valence-electron chi connectivity index (χ0n) is 15.8. The maximum absolute atomic E-state index is 13.8. The van der Waals surface area contributed by atoms with Crippen molar-refractivity contribution in [1.82, 2.24) is 9.97 Å². The molecule has 0 aliphatic carbocycles. The van der Waals surface area contributed by atoms with Crippen molar-refractivity contribution in [3.8, 4) is 23.1 Å². The molecule has 0 aliphatic rings. The lowest BCUT2D eigenvalue weighted by Gasteiger charge is -2.10. The van der Waals surface area contributed by atoms with Crippen LogP contribution < -0.4 is 20.9 Å². The Labute approximate surface area is 170 Å². The van der Waals surface area contributed by atoms with E-state index in [1.807, 2.05) is 0 Å². The lowest BCUT2D eigenvalue weighted by Crippen LogP contribution is -1.95. The second-order valence-corrected chi connectivity index (χ2v) is 6.06. The molecule has 0 radical (unpaired) electrons. The fourth-order valence-electron chi connectivity index (χ4n) is 2.46. The average molecular weight is 412 g/mol. The third-order valence-electron chi connectivity index (χ3n) is 3.93. The summed E-state index contributed by atoms with van der Waals surface area (Å²) >= 11 is 0. The number of halogens is 2. The maximum atomic E-state index is 13.8. The van der Waals surface area contributed by atoms with E-state index in [0.29, 0.717) is 22.3 Å². The van der Waals surface area contributed by atoms with Crippen LogP contribution in [0.1, 0.15) is 0 Å². The van der Waals surface area contributed by atoms with E-state index in [2.05, 4.69) is 9.97 Å². The highest BCUT2D eigenvalue weighted by Gasteiger charge is 2.13. The quantitative estimate of drug-likeness (QED) is 0.430. The van der Waals surface area contributed by atoms with E-state index in [0.717, 1.165) is 6.07 Å². The van der Waals surface area contributed by atoms with Crippen LogP contribution in [0.3, 0.4) is 0 Å². The van der Waals surface area contributed by atoms with E-state index in [1.165, 1.54) is 55.9 Å². The van der Waals surface area contributed by atoms with E-state index in [1.54, 1.807) is 6.07 Å². The zero-order valence-corrected chi connectivity index (χ0v) is 15.8. The molecule has 30 heavy (non-hydrogen) atoms. The van der Waals surface area contributed by atoms with Gasteiger partial charge >= 0.3 is 0 Å². The number of methoxy groups -OCH3 is 1. The predicted molar refractivity (Wildman–Crippen MR) is 109 cm³/mol. The number of ether oxygens (including phenoxy) is 2. The van der Waals surface area contributed by atoms with Gasteiger partial charge in [-0.05, 0) is 42.5 Å². The first-order valence-electron chi connectivity index (χ1n) is 8.63. The van der Waals surface area contributed by atoms with Crippen molar-refractivity contribution in [3.05, 3.63) is 72.6 Å². The molecule has 0 spiro atoms. The van der Waals surface area contributed by atoms with Gasteiger partial charge in [-0.25, -0.2) is 18.7 Å². The summed E-state index contributed by atoms with van der Waals surface area (Å²) in [6.45, 7) is 0. The second-order valence-electron chi connectivity index (χ2n) is 6.06. The Balaban J connectivity index is 0.000000269. The fraction of sp³-hybridized carbons (Fsp3) is 0.0476. The highest BCUT2D eigenvalue weighted by atomic mass is 19.1. The van der Waals surface area contributed by atoms with Crippen LogP contribution in [0.15, 0.2) is 60.9 Å². The van der Waals surface area contributed by atoms with Gasteiger partial charge in [0.1, 0.15) is 12.1 Å². The second kappa shape index (κ2) is 8.91. The number of fused-ring (bicyclic) bond motifs is 1. The Morgan fingerprint density at radius 1 is 0.867 bits per heavy atom. The SMILES string of the molecule is COc1cc2ncnc(Oc3ccc(N)cc3F)c2cc1O.Nc1ccc(F)cc1. The molecule has 4 aromatic rings. The molecule has 0 bridgehead atoms. The Hall–Kier alpha value is -4.14. The largest absolute Gasteiger partial charge is 0.504 e. The number of aromatic nitrogens is 2. The number of nitrogens with zero attached hydrogens (tertiary/aromatic N) is 2. The number of hydrogen-bond donors (Lipinski definition) is 3. The van der Waals surface area contributed by atoms with E-state index in [9.17, 15) is 13.9 Å². The first-order valence-corrected chi connectivity index (χ1v) is 8.63. The summed E-state index contributed by atoms with van der Waals surface area (Å²) in [5.74, 6) is -0.580. The summed E-state index contributed by atoms with van der Waals surface area (Å²) in [6, 6.07) is 12.7. The Morgan fingerprint density at radius 2 is 1.57 bits per heavy atom. The molecule has 0 saturated carbocycles. The zero-order chi connectivity index (χ0) is 21.7. The third-order valence-corrected chi connectivity index (χ3v) is 3.93. The Kier molecular flexibility index (Phi) is 6.11. The van der Waals surface area contributed by atoms with E-state index >= 15 is 0 Å². The molecule has 0 unspecified atom stereocenters. The minimum atomic E-state index is -0.607. The summed E-state index contributed by atoms with van der Waals surface area (Å²) < 4.78 is 36.3. The number of phenols is 1. The minimum Gasteiger partial charge on any atom is -0.504 e. The van der Waals surface area contributed by atoms with Crippen LogP contribution in [0.4, 0.5) is 20.2 Å². The molecule has 3 aromatic carbocycles. The number of nitrogens with two attached hydrogens (primary N) is 2. The van der Waals surface area contributed by atoms with Crippen LogP contribution in [-0.4, -0.2) is 22.2 Å². The molecule has 0 atom stereocenters. The molecule has 4 rings (SSSR count). The number of aromatic hydroxyl groups is 1. The van der Waals surface area contributed by atoms with E-state index in [4.69, 9.17) is 20.9 Å². The fourth-order valence-corrected chi connectivity index (χ4v) is 2.46. The highest BCUT2D eigenvalue weighted by Crippen LogP contribution is 2.35. The van der Waals surface area contributed by atoms with Gasteiger partial charge < -0.3 is 26.0 Å². The number of rotatable bonds is 3. The Bertz CT molecular complexity index is 1150. The molecular formula is C21H18F2N4O3. The molecule has 0 amide bonds. The molecular weight excluding hydrogens is 394 g/mol. The van der Waals surface area contributed by atoms with Gasteiger partial charge in [0.2, 0.25) is 5.88 Å². The first kappa shape index (κ1) is 20.6. The summed E-state index contributed by atoms with van der Waals surface area (Å²) in [5.41, 5.74) is 12.1. The molecule has 154 valence electrons. The van der Waals surface area contributed by atoms with Gasteiger partial charge in [0, 0.05) is 23.5 Å². The van der Waals surface area contributed by atoms with Crippen LogP contribution in [0.25, 0.3) is 10.9 Å². The molecule has 1 heterocycles. The van der Waals surface area contributed by atoms with Gasteiger partial charge in [-0.1, -0.05) is 0 Å². The topological polar surface area (TPSA) is 117 Å². The van der Waals surface area contributed by atoms with Crippen LogP contribution in [0, 0.1) is 11.6 Å². The summed E-state index contributed by atoms with van der Waals surface area (Å²) in [5, 5.41) is 10.3. The van der Waals surface area contributed by atoms with Crippen molar-refractivity contribution in [2.24, 2.45) is 0 Å². The minimum absolute atomic E-state index is 0.0236. The van der Waals surface area contributed by atoms with Crippen LogP contribution in [0.5, 0.6) is 23.1 Å². The number of anilines is 2. The monoisotopic (exact) mass is 412 g/mol. The molecule has 1 aromatic heterocycles. The van der Waals surface area contributed by atoms with Crippen molar-refractivity contribution < 1.29 is 23.4 Å². The smallest absolute Gasteiger partial charge is 0.230 e. The van der Waals surface area contributed by atoms with Crippen molar-refractivity contribution >= 4 is 22.3 Å². The third kappa shape index (κ3) is 4.82. The normalized spacial score (nSPS) is 10.2. The lowest BCUT2D eigenvalue weighted by atomic mass is 10.2. The molecule has 5 N–H and O–H groups in total. The van der Waals surface area contributed by atoms with Gasteiger partial charge in [-0.3, -0.25) is 0 Å². The molecule has 9 heteroatoms. The molecule has 0 saturated heterocycles.